The third kappa shape index (κ3) is 0.979. The van der Waals surface area contributed by atoms with E-state index in [0.29, 0.717) is 18.4 Å². The zero-order valence-electron chi connectivity index (χ0n) is 11.4. The second-order valence-corrected chi connectivity index (χ2v) is 6.80. The van der Waals surface area contributed by atoms with Crippen LogP contribution in [0.4, 0.5) is 0 Å². The van der Waals surface area contributed by atoms with Crippen LogP contribution in [0, 0.1) is 22.7 Å². The van der Waals surface area contributed by atoms with Gasteiger partial charge in [-0.2, -0.15) is 0 Å². The summed E-state index contributed by atoms with van der Waals surface area (Å²) >= 11 is 0. The summed E-state index contributed by atoms with van der Waals surface area (Å²) < 4.78 is 0. The van der Waals surface area contributed by atoms with Crippen molar-refractivity contribution in [1.82, 2.24) is 0 Å². The number of ketones is 2. The van der Waals surface area contributed by atoms with E-state index in [4.69, 9.17) is 0 Å². The van der Waals surface area contributed by atoms with E-state index in [1.807, 2.05) is 6.92 Å². The molecule has 1 spiro atoms. The first-order valence-electron chi connectivity index (χ1n) is 6.72. The van der Waals surface area contributed by atoms with Crippen LogP contribution in [0.5, 0.6) is 0 Å². The predicted octanol–water partition coefficient (Wildman–Crippen LogP) is 1.89. The van der Waals surface area contributed by atoms with Gasteiger partial charge in [-0.1, -0.05) is 20.8 Å². The Bertz CT molecular complexity index is 500. The highest BCUT2D eigenvalue weighted by Gasteiger charge is 2.71. The predicted molar refractivity (Wildman–Crippen MR) is 66.8 cm³/mol. The summed E-state index contributed by atoms with van der Waals surface area (Å²) in [6.07, 6.45) is 0.477. The van der Waals surface area contributed by atoms with Gasteiger partial charge in [-0.3, -0.25) is 9.59 Å². The Balaban J connectivity index is 2.33. The van der Waals surface area contributed by atoms with Crippen LogP contribution in [0.2, 0.25) is 0 Å². The van der Waals surface area contributed by atoms with Gasteiger partial charge in [0, 0.05) is 23.3 Å². The SMILES string of the molecule is CC1=C2C(=O)[C@H]3C[C@H](O)[C@@H](C)[C@]2(CC1=O)C3(C)C. The number of Topliss-reactive ketones (excluding diaryl/α,β-unsaturated/α-hetero) is 2. The smallest absolute Gasteiger partial charge is 0.163 e. The normalized spacial score (nSPS) is 45.7. The van der Waals surface area contributed by atoms with E-state index in [1.165, 1.54) is 0 Å². The van der Waals surface area contributed by atoms with Crippen molar-refractivity contribution in [3.8, 4) is 0 Å². The standard InChI is InChI=1S/C15H20O3/c1-7-11(17)6-15-8(2)10(16)5-9(14(15,3)4)13(18)12(7)15/h8-10,16H,5-6H2,1-4H3/t8-,9-,10+,15+/m1/s1. The maximum absolute atomic E-state index is 12.6. The molecule has 3 nitrogen and oxygen atoms in total. The second-order valence-electron chi connectivity index (χ2n) is 6.80. The minimum Gasteiger partial charge on any atom is -0.393 e. The van der Waals surface area contributed by atoms with Crippen LogP contribution >= 0.6 is 0 Å². The summed E-state index contributed by atoms with van der Waals surface area (Å²) in [5.74, 6) is 0.0610. The van der Waals surface area contributed by atoms with Gasteiger partial charge in [0.2, 0.25) is 0 Å². The molecule has 0 aliphatic heterocycles. The molecule has 2 bridgehead atoms. The highest BCUT2D eigenvalue weighted by atomic mass is 16.3. The van der Waals surface area contributed by atoms with Crippen molar-refractivity contribution >= 4 is 11.6 Å². The van der Waals surface area contributed by atoms with Crippen molar-refractivity contribution in [2.75, 3.05) is 0 Å². The largest absolute Gasteiger partial charge is 0.393 e. The van der Waals surface area contributed by atoms with E-state index in [1.54, 1.807) is 6.92 Å². The van der Waals surface area contributed by atoms with Crippen LogP contribution in [0.1, 0.15) is 40.5 Å². The van der Waals surface area contributed by atoms with Gasteiger partial charge in [-0.25, -0.2) is 0 Å². The minimum absolute atomic E-state index is 0.0217. The Hall–Kier alpha value is -0.960. The third-order valence-corrected chi connectivity index (χ3v) is 6.09. The van der Waals surface area contributed by atoms with Gasteiger partial charge in [-0.05, 0) is 30.3 Å². The molecule has 3 aliphatic rings. The maximum atomic E-state index is 12.6. The number of allylic oxidation sites excluding steroid dienone is 2. The summed E-state index contributed by atoms with van der Waals surface area (Å²) in [7, 11) is 0. The van der Waals surface area contributed by atoms with Crippen molar-refractivity contribution in [1.29, 1.82) is 0 Å². The van der Waals surface area contributed by atoms with Crippen molar-refractivity contribution < 1.29 is 14.7 Å². The van der Waals surface area contributed by atoms with Crippen LogP contribution in [-0.2, 0) is 9.59 Å². The van der Waals surface area contributed by atoms with Gasteiger partial charge in [0.05, 0.1) is 6.10 Å². The first kappa shape index (κ1) is 12.1. The molecule has 0 saturated heterocycles. The number of hydrogen-bond donors (Lipinski definition) is 1. The zero-order chi connectivity index (χ0) is 13.5. The number of carbonyl (C=O) groups is 2. The first-order chi connectivity index (χ1) is 8.25. The summed E-state index contributed by atoms with van der Waals surface area (Å²) in [6.45, 7) is 7.96. The molecule has 0 aromatic rings. The maximum Gasteiger partial charge on any atom is 0.163 e. The van der Waals surface area contributed by atoms with E-state index in [9.17, 15) is 14.7 Å². The van der Waals surface area contributed by atoms with Gasteiger partial charge in [-0.15, -0.1) is 0 Å². The van der Waals surface area contributed by atoms with Gasteiger partial charge in [0.1, 0.15) is 0 Å². The summed E-state index contributed by atoms with van der Waals surface area (Å²) in [5.41, 5.74) is 0.752. The molecule has 3 rings (SSSR count). The van der Waals surface area contributed by atoms with Crippen molar-refractivity contribution in [3.63, 3.8) is 0 Å². The molecule has 0 radical (unpaired) electrons. The Kier molecular flexibility index (Phi) is 2.10. The highest BCUT2D eigenvalue weighted by molar-refractivity contribution is 6.14. The first-order valence-corrected chi connectivity index (χ1v) is 6.72. The minimum atomic E-state index is -0.469. The fraction of sp³-hybridized carbons (Fsp3) is 0.733. The van der Waals surface area contributed by atoms with E-state index in [-0.39, 0.29) is 28.8 Å². The molecule has 0 aromatic carbocycles. The fourth-order valence-electron chi connectivity index (χ4n) is 4.87. The van der Waals surface area contributed by atoms with Crippen molar-refractivity contribution in [2.45, 2.75) is 46.6 Å². The lowest BCUT2D eigenvalue weighted by molar-refractivity contribution is -0.132. The highest BCUT2D eigenvalue weighted by Crippen LogP contribution is 2.70. The fourth-order valence-corrected chi connectivity index (χ4v) is 4.87. The molecule has 98 valence electrons. The van der Waals surface area contributed by atoms with Gasteiger partial charge >= 0.3 is 0 Å². The Morgan fingerprint density at radius 1 is 1.28 bits per heavy atom. The molecule has 0 aromatic heterocycles. The van der Waals surface area contributed by atoms with Crippen LogP contribution in [0.15, 0.2) is 11.1 Å². The van der Waals surface area contributed by atoms with E-state index in [0.717, 1.165) is 5.57 Å². The number of fused-ring (bicyclic) bond motifs is 1. The molecule has 4 atom stereocenters. The van der Waals surface area contributed by atoms with Crippen molar-refractivity contribution in [3.05, 3.63) is 11.1 Å². The molecular weight excluding hydrogens is 228 g/mol. The molecule has 0 heterocycles. The van der Waals surface area contributed by atoms with Crippen LogP contribution in [0.3, 0.4) is 0 Å². The topological polar surface area (TPSA) is 54.4 Å². The van der Waals surface area contributed by atoms with Crippen LogP contribution < -0.4 is 0 Å². The number of hydrogen-bond acceptors (Lipinski definition) is 3. The molecule has 3 heteroatoms. The molecule has 1 N–H and O–H groups in total. The van der Waals surface area contributed by atoms with E-state index < -0.39 is 11.5 Å². The van der Waals surface area contributed by atoms with Crippen molar-refractivity contribution in [2.24, 2.45) is 22.7 Å². The molecule has 2 fully saturated rings. The number of rotatable bonds is 0. The number of aliphatic hydroxyl groups excluding tert-OH is 1. The zero-order valence-corrected chi connectivity index (χ0v) is 11.4. The Labute approximate surface area is 107 Å². The average Bonchev–Trinajstić information content (AvgIpc) is 2.60. The van der Waals surface area contributed by atoms with Gasteiger partial charge in [0.25, 0.3) is 0 Å². The second kappa shape index (κ2) is 3.13. The van der Waals surface area contributed by atoms with E-state index >= 15 is 0 Å². The lowest BCUT2D eigenvalue weighted by Gasteiger charge is -2.51. The molecule has 18 heavy (non-hydrogen) atoms. The summed E-state index contributed by atoms with van der Waals surface area (Å²) in [6, 6.07) is 0. The van der Waals surface area contributed by atoms with Gasteiger partial charge < -0.3 is 5.11 Å². The van der Waals surface area contributed by atoms with Crippen LogP contribution in [-0.4, -0.2) is 22.8 Å². The summed E-state index contributed by atoms with van der Waals surface area (Å²) in [4.78, 5) is 24.7. The van der Waals surface area contributed by atoms with E-state index in [2.05, 4.69) is 13.8 Å². The molecule has 0 unspecified atom stereocenters. The van der Waals surface area contributed by atoms with Gasteiger partial charge in [0.15, 0.2) is 11.6 Å². The van der Waals surface area contributed by atoms with Crippen LogP contribution in [0.25, 0.3) is 0 Å². The summed E-state index contributed by atoms with van der Waals surface area (Å²) in [5, 5.41) is 10.2. The molecule has 3 aliphatic carbocycles. The lowest BCUT2D eigenvalue weighted by Crippen LogP contribution is -2.51. The average molecular weight is 248 g/mol. The monoisotopic (exact) mass is 248 g/mol. The number of carbonyl (C=O) groups excluding carboxylic acids is 2. The quantitative estimate of drug-likeness (QED) is 0.712. The lowest BCUT2D eigenvalue weighted by atomic mass is 9.52. The Morgan fingerprint density at radius 3 is 2.50 bits per heavy atom. The third-order valence-electron chi connectivity index (χ3n) is 6.09. The molecule has 2 saturated carbocycles. The Morgan fingerprint density at radius 2 is 1.89 bits per heavy atom. The number of aliphatic hydroxyl groups is 1. The molecular formula is C15H20O3. The molecule has 0 amide bonds.